The first-order valence-corrected chi connectivity index (χ1v) is 17.2. The minimum Gasteiger partial charge on any atom is -0.458 e. The van der Waals surface area contributed by atoms with Crippen LogP contribution in [-0.2, 0) is 31.6 Å². The van der Waals surface area contributed by atoms with Crippen LogP contribution >= 0.6 is 0 Å². The highest BCUT2D eigenvalue weighted by molar-refractivity contribution is 5.97. The van der Waals surface area contributed by atoms with E-state index in [-0.39, 0.29) is 34.9 Å². The third-order valence-corrected chi connectivity index (χ3v) is 9.68. The summed E-state index contributed by atoms with van der Waals surface area (Å²) < 4.78 is 7.07. The number of pyridine rings is 1. The first-order valence-electron chi connectivity index (χ1n) is 17.2. The lowest BCUT2D eigenvalue weighted by Gasteiger charge is -2.43. The van der Waals surface area contributed by atoms with Crippen LogP contribution in [0.1, 0.15) is 93.3 Å². The summed E-state index contributed by atoms with van der Waals surface area (Å²) in [6, 6.07) is 19.4. The van der Waals surface area contributed by atoms with Crippen LogP contribution in [-0.4, -0.2) is 63.9 Å². The van der Waals surface area contributed by atoms with E-state index in [4.69, 9.17) is 4.74 Å². The zero-order valence-corrected chi connectivity index (χ0v) is 29.3. The number of hydrogen-bond acceptors (Lipinski definition) is 6. The maximum Gasteiger partial charge on any atom is 0.329 e. The quantitative estimate of drug-likeness (QED) is 0.342. The van der Waals surface area contributed by atoms with Crippen LogP contribution in [0.3, 0.4) is 0 Å². The molecule has 1 aromatic heterocycles. The molecule has 0 radical (unpaired) electrons. The van der Waals surface area contributed by atoms with Gasteiger partial charge < -0.3 is 24.8 Å². The number of fused-ring (bicyclic) bond motifs is 1. The van der Waals surface area contributed by atoms with Crippen molar-refractivity contribution in [3.63, 3.8) is 0 Å². The molecule has 3 atom stereocenters. The molecular weight excluding hydrogens is 620 g/mol. The molecule has 0 spiro atoms. The van der Waals surface area contributed by atoms with Crippen LogP contribution in [0, 0.1) is 5.92 Å². The van der Waals surface area contributed by atoms with Gasteiger partial charge in [-0.25, -0.2) is 4.79 Å². The van der Waals surface area contributed by atoms with Crippen molar-refractivity contribution in [2.45, 2.75) is 89.3 Å². The number of aryl methyl sites for hydroxylation is 1. The second-order valence-corrected chi connectivity index (χ2v) is 14.6. The average molecular weight is 669 g/mol. The third-order valence-electron chi connectivity index (χ3n) is 9.68. The smallest absolute Gasteiger partial charge is 0.329 e. The Bertz CT molecular complexity index is 1750. The highest BCUT2D eigenvalue weighted by Gasteiger charge is 2.50. The number of aromatic nitrogens is 1. The maximum absolute atomic E-state index is 14.6. The third kappa shape index (κ3) is 7.48. The molecule has 3 amide bonds. The van der Waals surface area contributed by atoms with Gasteiger partial charge in [-0.2, -0.15) is 0 Å². The largest absolute Gasteiger partial charge is 0.458 e. The van der Waals surface area contributed by atoms with Crippen molar-refractivity contribution < 1.29 is 23.9 Å². The van der Waals surface area contributed by atoms with Gasteiger partial charge in [-0.05, 0) is 81.2 Å². The lowest BCUT2D eigenvalue weighted by atomic mass is 9.62. The Labute approximate surface area is 288 Å². The molecule has 1 saturated heterocycles. The molecule has 2 aromatic carbocycles. The lowest BCUT2D eigenvalue weighted by molar-refractivity contribution is -0.160. The van der Waals surface area contributed by atoms with Crippen molar-refractivity contribution in [1.29, 1.82) is 0 Å². The molecule has 2 aliphatic rings. The van der Waals surface area contributed by atoms with Crippen LogP contribution in [0.5, 0.6) is 0 Å². The van der Waals surface area contributed by atoms with Gasteiger partial charge in [0.05, 0.1) is 11.3 Å². The molecule has 1 fully saturated rings. The molecule has 10 heteroatoms. The Balaban J connectivity index is 1.38. The molecular formula is C39H48N4O6. The standard InChI is InChI=1S/C39H48N4O6/c1-25(2)32(36(47)49-38(3,4)5)41-37(48)39(26-13-8-7-9-14-26)21-18-29(28-15-10-11-17-31(28)39)35(46)43-23-19-27(20-24-43)40-33(44)30-16-12-22-42(6)34(30)45/h7-17,22,25,27,29,32H,18-21,23-24H2,1-6H3,(H,40,44)(H,41,48)/t29-,32+,39+/m0/s1. The molecule has 0 saturated carbocycles. The van der Waals surface area contributed by atoms with Crippen LogP contribution in [0.4, 0.5) is 0 Å². The topological polar surface area (TPSA) is 127 Å². The van der Waals surface area contributed by atoms with Crippen molar-refractivity contribution in [2.24, 2.45) is 13.0 Å². The molecule has 1 aliphatic heterocycles. The van der Waals surface area contributed by atoms with Gasteiger partial charge >= 0.3 is 5.97 Å². The SMILES string of the molecule is CC(C)[C@@H](NC(=O)[C@@]1(c2ccccc2)CC[C@H](C(=O)N2CCC(NC(=O)c3cccn(C)c3=O)CC2)c2ccccc21)C(=O)OC(C)(C)C. The minimum absolute atomic E-state index is 0.00923. The number of nitrogens with zero attached hydrogens (tertiary/aromatic N) is 2. The van der Waals surface area contributed by atoms with Gasteiger partial charge in [0.25, 0.3) is 11.5 Å². The molecule has 10 nitrogen and oxygen atoms in total. The monoisotopic (exact) mass is 668 g/mol. The van der Waals surface area contributed by atoms with Crippen molar-refractivity contribution in [1.82, 2.24) is 20.1 Å². The molecule has 0 unspecified atom stereocenters. The van der Waals surface area contributed by atoms with Crippen LogP contribution in [0.15, 0.2) is 77.7 Å². The number of carbonyl (C=O) groups excluding carboxylic acids is 4. The number of carbonyl (C=O) groups is 4. The minimum atomic E-state index is -1.13. The summed E-state index contributed by atoms with van der Waals surface area (Å²) in [5.74, 6) is -1.87. The van der Waals surface area contributed by atoms with Gasteiger partial charge in [0.1, 0.15) is 17.2 Å². The number of amides is 3. The number of hydrogen-bond donors (Lipinski definition) is 2. The fourth-order valence-corrected chi connectivity index (χ4v) is 7.11. The van der Waals surface area contributed by atoms with E-state index in [1.54, 1.807) is 40.1 Å². The molecule has 3 aromatic rings. The van der Waals surface area contributed by atoms with Crippen molar-refractivity contribution in [3.05, 3.63) is 106 Å². The summed E-state index contributed by atoms with van der Waals surface area (Å²) in [7, 11) is 1.61. The Hall–Kier alpha value is -4.73. The Kier molecular flexibility index (Phi) is 10.5. The van der Waals surface area contributed by atoms with Crippen LogP contribution in [0.25, 0.3) is 0 Å². The van der Waals surface area contributed by atoms with Gasteiger partial charge in [-0.3, -0.25) is 19.2 Å². The summed E-state index contributed by atoms with van der Waals surface area (Å²) in [6.45, 7) is 10.1. The molecule has 5 rings (SSSR count). The van der Waals surface area contributed by atoms with Gasteiger partial charge in [0.2, 0.25) is 11.8 Å². The predicted octanol–water partition coefficient (Wildman–Crippen LogP) is 4.45. The van der Waals surface area contributed by atoms with E-state index in [2.05, 4.69) is 10.6 Å². The number of esters is 1. The molecule has 260 valence electrons. The number of benzene rings is 2. The summed E-state index contributed by atoms with van der Waals surface area (Å²) in [6.07, 6.45) is 3.54. The van der Waals surface area contributed by atoms with Crippen molar-refractivity contribution in [2.75, 3.05) is 13.1 Å². The molecule has 2 N–H and O–H groups in total. The van der Waals surface area contributed by atoms with E-state index < -0.39 is 34.9 Å². The van der Waals surface area contributed by atoms with E-state index in [0.29, 0.717) is 38.8 Å². The predicted molar refractivity (Wildman–Crippen MR) is 187 cm³/mol. The Morgan fingerprint density at radius 1 is 0.898 bits per heavy atom. The van der Waals surface area contributed by atoms with Gasteiger partial charge in [0, 0.05) is 32.4 Å². The highest BCUT2D eigenvalue weighted by atomic mass is 16.6. The van der Waals surface area contributed by atoms with Gasteiger partial charge in [-0.1, -0.05) is 68.4 Å². The zero-order valence-electron chi connectivity index (χ0n) is 29.3. The summed E-state index contributed by atoms with van der Waals surface area (Å²) in [5, 5.41) is 6.05. The number of piperidine rings is 1. The number of rotatable bonds is 8. The first-order chi connectivity index (χ1) is 23.2. The second kappa shape index (κ2) is 14.4. The Morgan fingerprint density at radius 2 is 1.55 bits per heavy atom. The van der Waals surface area contributed by atoms with E-state index in [9.17, 15) is 24.0 Å². The summed E-state index contributed by atoms with van der Waals surface area (Å²) in [5.41, 5.74) is 0.246. The lowest BCUT2D eigenvalue weighted by Crippen LogP contribution is -2.55. The van der Waals surface area contributed by atoms with E-state index in [1.165, 1.54) is 10.6 Å². The molecule has 1 aliphatic carbocycles. The number of likely N-dealkylation sites (tertiary alicyclic amines) is 1. The summed E-state index contributed by atoms with van der Waals surface area (Å²) in [4.78, 5) is 69.2. The average Bonchev–Trinajstić information content (AvgIpc) is 3.07. The molecule has 2 heterocycles. The fraction of sp³-hybridized carbons (Fsp3) is 0.462. The van der Waals surface area contributed by atoms with Crippen molar-refractivity contribution >= 4 is 23.7 Å². The number of nitrogens with one attached hydrogen (secondary N) is 2. The number of ether oxygens (including phenoxy) is 1. The highest BCUT2D eigenvalue weighted by Crippen LogP contribution is 2.48. The van der Waals surface area contributed by atoms with Gasteiger partial charge in [0.15, 0.2) is 0 Å². The normalized spacial score (nSPS) is 20.2. The maximum atomic E-state index is 14.6. The Morgan fingerprint density at radius 3 is 2.20 bits per heavy atom. The first kappa shape index (κ1) is 35.6. The second-order valence-electron chi connectivity index (χ2n) is 14.6. The van der Waals surface area contributed by atoms with E-state index >= 15 is 0 Å². The van der Waals surface area contributed by atoms with Crippen LogP contribution in [0.2, 0.25) is 0 Å². The summed E-state index contributed by atoms with van der Waals surface area (Å²) >= 11 is 0. The van der Waals surface area contributed by atoms with Crippen molar-refractivity contribution in [3.8, 4) is 0 Å². The molecule has 49 heavy (non-hydrogen) atoms. The fourth-order valence-electron chi connectivity index (χ4n) is 7.11. The molecule has 0 bridgehead atoms. The van der Waals surface area contributed by atoms with Crippen LogP contribution < -0.4 is 16.2 Å². The van der Waals surface area contributed by atoms with E-state index in [1.807, 2.05) is 73.3 Å². The van der Waals surface area contributed by atoms with E-state index in [0.717, 1.165) is 16.7 Å². The zero-order chi connectivity index (χ0) is 35.5. The van der Waals surface area contributed by atoms with Gasteiger partial charge in [-0.15, -0.1) is 0 Å².